The van der Waals surface area contributed by atoms with Crippen molar-refractivity contribution in [2.45, 2.75) is 37.2 Å². The number of amides is 1. The number of hydrogen-bond acceptors (Lipinski definition) is 6. The molecule has 0 radical (unpaired) electrons. The second-order valence-corrected chi connectivity index (χ2v) is 9.72. The molecule has 0 aliphatic carbocycles. The molecule has 0 fully saturated rings. The van der Waals surface area contributed by atoms with E-state index in [1.54, 1.807) is 18.9 Å². The predicted octanol–water partition coefficient (Wildman–Crippen LogP) is 6.07. The maximum atomic E-state index is 13.7. The number of fused-ring (bicyclic) bond motifs is 1. The van der Waals surface area contributed by atoms with Crippen LogP contribution in [0.4, 0.5) is 11.6 Å². The summed E-state index contributed by atoms with van der Waals surface area (Å²) in [5, 5.41) is 11.8. The fraction of sp³-hybridized carbons (Fsp3) is 0.207. The van der Waals surface area contributed by atoms with Crippen LogP contribution in [0.25, 0.3) is 0 Å². The van der Waals surface area contributed by atoms with Gasteiger partial charge in [-0.25, -0.2) is 4.68 Å². The number of anilines is 2. The molecule has 1 aliphatic rings. The van der Waals surface area contributed by atoms with E-state index in [0.717, 1.165) is 29.2 Å². The van der Waals surface area contributed by atoms with Crippen LogP contribution in [-0.2, 0) is 17.0 Å². The first-order chi connectivity index (χ1) is 18.1. The van der Waals surface area contributed by atoms with Crippen molar-refractivity contribution >= 4 is 29.3 Å². The lowest BCUT2D eigenvalue weighted by atomic mass is 9.94. The summed E-state index contributed by atoms with van der Waals surface area (Å²) in [7, 11) is 1.62. The normalized spacial score (nSPS) is 14.6. The molecule has 0 spiro atoms. The number of benzene rings is 3. The average Bonchev–Trinajstić information content (AvgIpc) is 3.34. The van der Waals surface area contributed by atoms with Gasteiger partial charge in [-0.15, -0.1) is 5.10 Å². The van der Waals surface area contributed by atoms with Crippen LogP contribution >= 0.6 is 11.8 Å². The molecule has 2 N–H and O–H groups in total. The molecular weight excluding hydrogens is 482 g/mol. The highest BCUT2D eigenvalue weighted by molar-refractivity contribution is 7.98. The third-order valence-electron chi connectivity index (χ3n) is 6.34. The second kappa shape index (κ2) is 10.9. The summed E-state index contributed by atoms with van der Waals surface area (Å²) in [6, 6.07) is 25.5. The van der Waals surface area contributed by atoms with Gasteiger partial charge >= 0.3 is 0 Å². The van der Waals surface area contributed by atoms with Crippen LogP contribution < -0.4 is 15.4 Å². The molecule has 1 amide bonds. The number of nitrogens with zero attached hydrogens (tertiary/aromatic N) is 3. The molecule has 1 atom stereocenters. The van der Waals surface area contributed by atoms with Gasteiger partial charge in [0.05, 0.1) is 12.7 Å². The van der Waals surface area contributed by atoms with E-state index in [4.69, 9.17) is 14.8 Å². The van der Waals surface area contributed by atoms with Gasteiger partial charge in [-0.05, 0) is 54.3 Å². The minimum Gasteiger partial charge on any atom is -0.497 e. The topological polar surface area (TPSA) is 81.1 Å². The summed E-state index contributed by atoms with van der Waals surface area (Å²) in [5.41, 5.74) is 5.44. The zero-order valence-corrected chi connectivity index (χ0v) is 21.9. The Labute approximate surface area is 221 Å². The molecule has 7 nitrogen and oxygen atoms in total. The number of aromatic nitrogens is 3. The standard InChI is InChI=1S/C29H29N5O2S/c1-4-20-10-12-22(13-11-20)26-25(27(35)31-23-14-16-24(36-3)17-15-23)19(2)30-28-32-29(33-34(26)28)37-18-21-8-6-5-7-9-21/h5-17,26H,4,18H2,1-3H3,(H,31,35)(H,30,32,33)/t26-/m0/s1. The summed E-state index contributed by atoms with van der Waals surface area (Å²) in [4.78, 5) is 18.4. The number of methoxy groups -OCH3 is 1. The number of carbonyl (C=O) groups is 1. The second-order valence-electron chi connectivity index (χ2n) is 8.78. The van der Waals surface area contributed by atoms with Crippen molar-refractivity contribution in [3.8, 4) is 5.75 Å². The van der Waals surface area contributed by atoms with E-state index >= 15 is 0 Å². The molecule has 0 unspecified atom stereocenters. The number of hydrogen-bond donors (Lipinski definition) is 2. The Kier molecular flexibility index (Phi) is 7.28. The highest BCUT2D eigenvalue weighted by Crippen LogP contribution is 2.37. The molecule has 37 heavy (non-hydrogen) atoms. The molecule has 4 aromatic rings. The molecule has 1 aromatic heterocycles. The number of ether oxygens (including phenoxy) is 1. The number of carbonyl (C=O) groups excluding carboxylic acids is 1. The molecule has 0 saturated heterocycles. The number of aryl methyl sites for hydroxylation is 1. The summed E-state index contributed by atoms with van der Waals surface area (Å²) in [5.74, 6) is 1.92. The molecule has 1 aliphatic heterocycles. The molecule has 188 valence electrons. The number of allylic oxidation sites excluding steroid dienone is 1. The van der Waals surface area contributed by atoms with Crippen LogP contribution in [0.5, 0.6) is 5.75 Å². The van der Waals surface area contributed by atoms with Crippen LogP contribution in [0.1, 0.15) is 36.6 Å². The van der Waals surface area contributed by atoms with Gasteiger partial charge < -0.3 is 15.4 Å². The molecule has 0 bridgehead atoms. The van der Waals surface area contributed by atoms with E-state index in [9.17, 15) is 4.79 Å². The van der Waals surface area contributed by atoms with Crippen LogP contribution in [0.15, 0.2) is 95.3 Å². The van der Waals surface area contributed by atoms with Gasteiger partial charge in [-0.2, -0.15) is 4.98 Å². The molecule has 3 aromatic carbocycles. The van der Waals surface area contributed by atoms with Gasteiger partial charge in [0.1, 0.15) is 11.8 Å². The average molecular weight is 512 g/mol. The number of nitrogens with one attached hydrogen (secondary N) is 2. The van der Waals surface area contributed by atoms with E-state index < -0.39 is 6.04 Å². The molecule has 8 heteroatoms. The fourth-order valence-electron chi connectivity index (χ4n) is 4.33. The third kappa shape index (κ3) is 5.39. The third-order valence-corrected chi connectivity index (χ3v) is 7.25. The largest absolute Gasteiger partial charge is 0.497 e. The number of rotatable bonds is 8. The van der Waals surface area contributed by atoms with Crippen molar-refractivity contribution in [2.75, 3.05) is 17.7 Å². The maximum absolute atomic E-state index is 13.7. The van der Waals surface area contributed by atoms with Crippen molar-refractivity contribution in [3.63, 3.8) is 0 Å². The summed E-state index contributed by atoms with van der Waals surface area (Å²) in [6.07, 6.45) is 0.945. The Bertz CT molecular complexity index is 1410. The molecular formula is C29H29N5O2S. The Morgan fingerprint density at radius 2 is 1.76 bits per heavy atom. The first kappa shape index (κ1) is 24.6. The fourth-order valence-corrected chi connectivity index (χ4v) is 5.11. The predicted molar refractivity (Wildman–Crippen MR) is 148 cm³/mol. The summed E-state index contributed by atoms with van der Waals surface area (Å²) < 4.78 is 7.06. The van der Waals surface area contributed by atoms with Crippen molar-refractivity contribution in [2.24, 2.45) is 0 Å². The first-order valence-electron chi connectivity index (χ1n) is 12.2. The van der Waals surface area contributed by atoms with Gasteiger partial charge in [0.2, 0.25) is 11.1 Å². The Hall–Kier alpha value is -4.04. The Balaban J connectivity index is 1.48. The van der Waals surface area contributed by atoms with E-state index in [-0.39, 0.29) is 5.91 Å². The Morgan fingerprint density at radius 3 is 2.43 bits per heavy atom. The van der Waals surface area contributed by atoms with Gasteiger partial charge in [0.25, 0.3) is 5.91 Å². The SMILES string of the molecule is CCc1ccc([C@H]2C(C(=O)Nc3ccc(OC)cc3)=C(C)Nc3nc(SCc4ccccc4)nn32)cc1. The smallest absolute Gasteiger partial charge is 0.255 e. The van der Waals surface area contributed by atoms with Crippen LogP contribution in [-0.4, -0.2) is 27.8 Å². The van der Waals surface area contributed by atoms with E-state index in [1.165, 1.54) is 11.1 Å². The van der Waals surface area contributed by atoms with Crippen LogP contribution in [0.3, 0.4) is 0 Å². The van der Waals surface area contributed by atoms with Gasteiger partial charge in [0.15, 0.2) is 0 Å². The van der Waals surface area contributed by atoms with E-state index in [2.05, 4.69) is 54.0 Å². The van der Waals surface area contributed by atoms with Gasteiger partial charge in [0, 0.05) is 17.1 Å². The lowest BCUT2D eigenvalue weighted by Crippen LogP contribution is -2.31. The van der Waals surface area contributed by atoms with Crippen molar-refractivity contribution in [1.29, 1.82) is 0 Å². The quantitative estimate of drug-likeness (QED) is 0.280. The van der Waals surface area contributed by atoms with E-state index in [1.807, 2.05) is 54.1 Å². The minimum atomic E-state index is -0.418. The molecule has 5 rings (SSSR count). The van der Waals surface area contributed by atoms with Gasteiger partial charge in [-0.3, -0.25) is 4.79 Å². The van der Waals surface area contributed by atoms with Crippen molar-refractivity contribution in [1.82, 2.24) is 14.8 Å². The molecule has 0 saturated carbocycles. The van der Waals surface area contributed by atoms with Crippen molar-refractivity contribution in [3.05, 3.63) is 107 Å². The minimum absolute atomic E-state index is 0.195. The zero-order valence-electron chi connectivity index (χ0n) is 21.1. The maximum Gasteiger partial charge on any atom is 0.255 e. The van der Waals surface area contributed by atoms with Crippen molar-refractivity contribution < 1.29 is 9.53 Å². The van der Waals surface area contributed by atoms with Crippen LogP contribution in [0.2, 0.25) is 0 Å². The lowest BCUT2D eigenvalue weighted by molar-refractivity contribution is -0.113. The first-order valence-corrected chi connectivity index (χ1v) is 13.2. The lowest BCUT2D eigenvalue weighted by Gasteiger charge is -2.28. The summed E-state index contributed by atoms with van der Waals surface area (Å²) >= 11 is 1.57. The van der Waals surface area contributed by atoms with E-state index in [0.29, 0.717) is 22.4 Å². The van der Waals surface area contributed by atoms with Crippen LogP contribution in [0, 0.1) is 0 Å². The highest BCUT2D eigenvalue weighted by Gasteiger charge is 2.34. The Morgan fingerprint density at radius 1 is 1.03 bits per heavy atom. The highest BCUT2D eigenvalue weighted by atomic mass is 32.2. The van der Waals surface area contributed by atoms with Gasteiger partial charge in [-0.1, -0.05) is 73.3 Å². The monoisotopic (exact) mass is 511 g/mol. The summed E-state index contributed by atoms with van der Waals surface area (Å²) in [6.45, 7) is 4.04. The molecule has 2 heterocycles. The zero-order chi connectivity index (χ0) is 25.8. The number of thioether (sulfide) groups is 1.